The van der Waals surface area contributed by atoms with Crippen LogP contribution in [-0.4, -0.2) is 28.4 Å². The Bertz CT molecular complexity index is 588. The van der Waals surface area contributed by atoms with E-state index in [1.807, 2.05) is 12.1 Å². The molecule has 0 radical (unpaired) electrons. The second-order valence-corrected chi connectivity index (χ2v) is 7.20. The van der Waals surface area contributed by atoms with Gasteiger partial charge in [0.15, 0.2) is 0 Å². The lowest BCUT2D eigenvalue weighted by Gasteiger charge is -2.08. The first kappa shape index (κ1) is 21.2. The summed E-state index contributed by atoms with van der Waals surface area (Å²) in [4.78, 5) is 0. The summed E-state index contributed by atoms with van der Waals surface area (Å²) < 4.78 is 23.1. The maximum absolute atomic E-state index is 5.60. The van der Waals surface area contributed by atoms with Crippen LogP contribution in [0.1, 0.15) is 0 Å². The lowest BCUT2D eigenvalue weighted by molar-refractivity contribution is 0.389. The lowest BCUT2D eigenvalue weighted by atomic mass is 10.3. The Hall–Kier alpha value is -0.870. The normalized spacial score (nSPS) is 9.62. The average molecular weight is 575 g/mol. The Morgan fingerprint density at radius 3 is 1.29 bits per heavy atom. The number of methoxy groups -OCH3 is 4. The van der Waals surface area contributed by atoms with E-state index in [1.165, 1.54) is 0 Å². The average Bonchev–Trinajstić information content (AvgIpc) is 2.58. The molecular formula is C16H18Br2INO4. The SMILES string of the molecule is COc1cc(I)cc(OC)c1Br.COc1cc(N)cc(OC)c1Br. The summed E-state index contributed by atoms with van der Waals surface area (Å²) in [5, 5.41) is 0. The van der Waals surface area contributed by atoms with Crippen LogP contribution >= 0.6 is 54.5 Å². The van der Waals surface area contributed by atoms with Gasteiger partial charge in [-0.25, -0.2) is 0 Å². The van der Waals surface area contributed by atoms with Crippen molar-refractivity contribution in [1.82, 2.24) is 0 Å². The first-order valence-corrected chi connectivity index (χ1v) is 9.28. The molecule has 24 heavy (non-hydrogen) atoms. The predicted molar refractivity (Wildman–Crippen MR) is 112 cm³/mol. The molecule has 0 unspecified atom stereocenters. The van der Waals surface area contributed by atoms with Gasteiger partial charge in [-0.3, -0.25) is 0 Å². The molecule has 5 nitrogen and oxygen atoms in total. The van der Waals surface area contributed by atoms with Crippen molar-refractivity contribution in [2.45, 2.75) is 0 Å². The number of rotatable bonds is 4. The highest BCUT2D eigenvalue weighted by Gasteiger charge is 2.08. The standard InChI is InChI=1S/C8H8BrIO2.C8H10BrNO2/c2*1-11-6-3-5(10)4-7(12-2)8(6)9/h3-4H,1-2H3;3-4H,10H2,1-2H3. The fourth-order valence-electron chi connectivity index (χ4n) is 1.73. The molecule has 0 fully saturated rings. The van der Waals surface area contributed by atoms with Crippen molar-refractivity contribution in [1.29, 1.82) is 0 Å². The van der Waals surface area contributed by atoms with E-state index in [4.69, 9.17) is 24.7 Å². The van der Waals surface area contributed by atoms with Gasteiger partial charge in [0.05, 0.1) is 28.4 Å². The lowest BCUT2D eigenvalue weighted by Crippen LogP contribution is -1.93. The minimum absolute atomic E-state index is 0.618. The first-order valence-electron chi connectivity index (χ1n) is 6.61. The van der Waals surface area contributed by atoms with Gasteiger partial charge in [0.2, 0.25) is 0 Å². The van der Waals surface area contributed by atoms with Gasteiger partial charge in [0, 0.05) is 21.4 Å². The highest BCUT2D eigenvalue weighted by Crippen LogP contribution is 2.36. The molecule has 2 aromatic carbocycles. The molecule has 0 spiro atoms. The van der Waals surface area contributed by atoms with Crippen molar-refractivity contribution in [3.05, 3.63) is 36.8 Å². The Labute approximate surface area is 172 Å². The number of ether oxygens (including phenoxy) is 4. The fraction of sp³-hybridized carbons (Fsp3) is 0.250. The molecule has 0 heterocycles. The monoisotopic (exact) mass is 573 g/mol. The quantitative estimate of drug-likeness (QED) is 0.406. The number of anilines is 1. The van der Waals surface area contributed by atoms with Crippen LogP contribution in [-0.2, 0) is 0 Å². The van der Waals surface area contributed by atoms with Gasteiger partial charge < -0.3 is 24.7 Å². The van der Waals surface area contributed by atoms with Crippen molar-refractivity contribution < 1.29 is 18.9 Å². The zero-order chi connectivity index (χ0) is 18.3. The molecule has 0 amide bonds. The van der Waals surface area contributed by atoms with Crippen molar-refractivity contribution in [3.8, 4) is 23.0 Å². The summed E-state index contributed by atoms with van der Waals surface area (Å²) in [5.74, 6) is 2.93. The number of halogens is 3. The number of nitrogen functional groups attached to an aromatic ring is 1. The zero-order valence-electron chi connectivity index (χ0n) is 13.7. The van der Waals surface area contributed by atoms with E-state index in [0.717, 1.165) is 24.0 Å². The molecule has 132 valence electrons. The highest BCUT2D eigenvalue weighted by atomic mass is 127. The molecule has 0 aliphatic heterocycles. The van der Waals surface area contributed by atoms with Gasteiger partial charge >= 0.3 is 0 Å². The molecule has 0 aliphatic carbocycles. The van der Waals surface area contributed by atoms with Crippen LogP contribution in [0.3, 0.4) is 0 Å². The molecule has 0 aliphatic rings. The molecule has 2 aromatic rings. The third-order valence-corrected chi connectivity index (χ3v) is 5.06. The van der Waals surface area contributed by atoms with Crippen LogP contribution in [0.4, 0.5) is 5.69 Å². The van der Waals surface area contributed by atoms with E-state index in [0.29, 0.717) is 17.2 Å². The minimum Gasteiger partial charge on any atom is -0.495 e. The van der Waals surface area contributed by atoms with Gasteiger partial charge in [0.25, 0.3) is 0 Å². The Kier molecular flexibility index (Phi) is 8.99. The van der Waals surface area contributed by atoms with Gasteiger partial charge in [-0.1, -0.05) is 0 Å². The molecule has 2 N–H and O–H groups in total. The predicted octanol–water partition coefficient (Wildman–Crippen LogP) is 5.12. The molecule has 8 heteroatoms. The molecule has 0 bridgehead atoms. The number of hydrogen-bond acceptors (Lipinski definition) is 5. The second-order valence-electron chi connectivity index (χ2n) is 4.36. The Morgan fingerprint density at radius 2 is 1.00 bits per heavy atom. The van der Waals surface area contributed by atoms with E-state index in [9.17, 15) is 0 Å². The van der Waals surface area contributed by atoms with E-state index in [-0.39, 0.29) is 0 Å². The second kappa shape index (κ2) is 10.2. The van der Waals surface area contributed by atoms with E-state index in [1.54, 1.807) is 40.6 Å². The summed E-state index contributed by atoms with van der Waals surface area (Å²) >= 11 is 8.93. The van der Waals surface area contributed by atoms with Gasteiger partial charge in [-0.05, 0) is 66.6 Å². The maximum atomic E-state index is 5.60. The van der Waals surface area contributed by atoms with Crippen molar-refractivity contribution in [3.63, 3.8) is 0 Å². The van der Waals surface area contributed by atoms with E-state index < -0.39 is 0 Å². The number of benzene rings is 2. The van der Waals surface area contributed by atoms with Crippen LogP contribution in [0.2, 0.25) is 0 Å². The van der Waals surface area contributed by atoms with Crippen LogP contribution in [0.25, 0.3) is 0 Å². The van der Waals surface area contributed by atoms with Crippen LogP contribution < -0.4 is 24.7 Å². The molecule has 2 rings (SSSR count). The molecule has 0 aromatic heterocycles. The minimum atomic E-state index is 0.618. The number of nitrogens with two attached hydrogens (primary N) is 1. The topological polar surface area (TPSA) is 62.9 Å². The highest BCUT2D eigenvalue weighted by molar-refractivity contribution is 14.1. The smallest absolute Gasteiger partial charge is 0.138 e. The van der Waals surface area contributed by atoms with Gasteiger partial charge in [-0.2, -0.15) is 0 Å². The van der Waals surface area contributed by atoms with Crippen LogP contribution in [0.15, 0.2) is 33.2 Å². The first-order chi connectivity index (χ1) is 11.4. The Morgan fingerprint density at radius 1 is 0.708 bits per heavy atom. The third kappa shape index (κ3) is 5.59. The van der Waals surface area contributed by atoms with Crippen molar-refractivity contribution >= 4 is 60.1 Å². The largest absolute Gasteiger partial charge is 0.495 e. The number of hydrogen-bond donors (Lipinski definition) is 1. The van der Waals surface area contributed by atoms with E-state index >= 15 is 0 Å². The molecule has 0 saturated carbocycles. The zero-order valence-corrected chi connectivity index (χ0v) is 19.0. The van der Waals surface area contributed by atoms with Gasteiger partial charge in [0.1, 0.15) is 31.9 Å². The van der Waals surface area contributed by atoms with Gasteiger partial charge in [-0.15, -0.1) is 0 Å². The molecule has 0 saturated heterocycles. The third-order valence-electron chi connectivity index (χ3n) is 2.88. The Balaban J connectivity index is 0.000000240. The van der Waals surface area contributed by atoms with Crippen LogP contribution in [0.5, 0.6) is 23.0 Å². The summed E-state index contributed by atoms with van der Waals surface area (Å²) in [6, 6.07) is 7.33. The fourth-order valence-corrected chi connectivity index (χ4v) is 3.40. The summed E-state index contributed by atoms with van der Waals surface area (Å²) in [5.41, 5.74) is 6.22. The van der Waals surface area contributed by atoms with Crippen LogP contribution in [0, 0.1) is 3.57 Å². The summed E-state index contributed by atoms with van der Waals surface area (Å²) in [6.07, 6.45) is 0. The van der Waals surface area contributed by atoms with Crippen molar-refractivity contribution in [2.75, 3.05) is 34.2 Å². The van der Waals surface area contributed by atoms with E-state index in [2.05, 4.69) is 54.5 Å². The molecule has 0 atom stereocenters. The maximum Gasteiger partial charge on any atom is 0.138 e. The molecular weight excluding hydrogens is 557 g/mol. The summed E-state index contributed by atoms with van der Waals surface area (Å²) in [6.45, 7) is 0. The van der Waals surface area contributed by atoms with Crippen molar-refractivity contribution in [2.24, 2.45) is 0 Å². The summed E-state index contributed by atoms with van der Waals surface area (Å²) in [7, 11) is 6.43.